The number of carboxylic acid groups (broad SMARTS) is 1. The summed E-state index contributed by atoms with van der Waals surface area (Å²) in [7, 11) is 0. The highest BCUT2D eigenvalue weighted by molar-refractivity contribution is 7.99. The van der Waals surface area contributed by atoms with Crippen LogP contribution in [0.3, 0.4) is 0 Å². The number of anilines is 1. The Morgan fingerprint density at radius 3 is 2.14 bits per heavy atom. The number of nitrogens with zero attached hydrogens (tertiary/aromatic N) is 2. The molecule has 4 N–H and O–H groups in total. The van der Waals surface area contributed by atoms with Crippen molar-refractivity contribution in [3.05, 3.63) is 29.1 Å². The molecule has 0 aliphatic carbocycles. The maximum absolute atomic E-state index is 13.2. The Morgan fingerprint density at radius 1 is 1.02 bits per heavy atom. The van der Waals surface area contributed by atoms with Crippen LogP contribution in [0.5, 0.6) is 0 Å². The van der Waals surface area contributed by atoms with Crippen molar-refractivity contribution >= 4 is 36.0 Å². The van der Waals surface area contributed by atoms with E-state index in [1.807, 2.05) is 18.3 Å². The molecule has 13 heteroatoms. The van der Waals surface area contributed by atoms with Gasteiger partial charge in [0.2, 0.25) is 5.95 Å². The largest absolute Gasteiger partial charge is 0.478 e. The summed E-state index contributed by atoms with van der Waals surface area (Å²) in [5.74, 6) is 0.0787. The molecule has 0 aliphatic rings. The molecule has 1 aromatic heterocycles. The number of hydrogen-bond donors (Lipinski definition) is 4. The van der Waals surface area contributed by atoms with Gasteiger partial charge in [-0.05, 0) is 37.5 Å². The Bertz CT molecular complexity index is 1090. The number of carboxylic acids is 1. The van der Waals surface area contributed by atoms with E-state index >= 15 is 0 Å². The summed E-state index contributed by atoms with van der Waals surface area (Å²) in [6, 6.07) is -1.13. The van der Waals surface area contributed by atoms with Crippen molar-refractivity contribution in [2.45, 2.75) is 104 Å². The quantitative estimate of drug-likeness (QED) is 0.0617. The van der Waals surface area contributed by atoms with Gasteiger partial charge in [-0.25, -0.2) is 19.6 Å². The summed E-state index contributed by atoms with van der Waals surface area (Å²) >= 11 is 1.30. The Balaban J connectivity index is 2.48. The van der Waals surface area contributed by atoms with Gasteiger partial charge in [0.05, 0.1) is 6.61 Å². The Morgan fingerprint density at radius 2 is 1.61 bits per heavy atom. The Kier molecular flexibility index (Phi) is 17.6. The van der Waals surface area contributed by atoms with Gasteiger partial charge in [0.15, 0.2) is 5.69 Å². The first-order valence-corrected chi connectivity index (χ1v) is 16.3. The third-order valence-corrected chi connectivity index (χ3v) is 8.55. The van der Waals surface area contributed by atoms with Crippen LogP contribution in [0.15, 0.2) is 17.8 Å². The Labute approximate surface area is 263 Å². The van der Waals surface area contributed by atoms with Crippen LogP contribution in [0.25, 0.3) is 0 Å². The van der Waals surface area contributed by atoms with Crippen molar-refractivity contribution in [2.75, 3.05) is 23.4 Å². The number of alkyl halides is 3. The van der Waals surface area contributed by atoms with E-state index in [2.05, 4.69) is 43.0 Å². The minimum atomic E-state index is -5.10. The Hall–Kier alpha value is -2.67. The predicted molar refractivity (Wildman–Crippen MR) is 168 cm³/mol. The molecule has 3 atom stereocenters. The second kappa shape index (κ2) is 19.7. The molecule has 0 saturated heterocycles. The molecule has 0 aliphatic heterocycles. The summed E-state index contributed by atoms with van der Waals surface area (Å²) in [6.45, 7) is 10.5. The molecule has 9 nitrogen and oxygen atoms in total. The van der Waals surface area contributed by atoms with Gasteiger partial charge in [-0.2, -0.15) is 24.9 Å². The van der Waals surface area contributed by atoms with Crippen molar-refractivity contribution in [3.63, 3.8) is 0 Å². The predicted octanol–water partition coefficient (Wildman–Crippen LogP) is 7.36. The van der Waals surface area contributed by atoms with Crippen molar-refractivity contribution < 1.29 is 37.8 Å². The van der Waals surface area contributed by atoms with Crippen LogP contribution in [0.1, 0.15) is 108 Å². The fraction of sp³-hybridized carbons (Fsp3) is 0.710. The number of halogens is 3. The molecule has 44 heavy (non-hydrogen) atoms. The number of aldehydes is 1. The molecule has 1 heterocycles. The third kappa shape index (κ3) is 15.4. The summed E-state index contributed by atoms with van der Waals surface area (Å²) < 4.78 is 39.6. The standard InChI is InChI=1S/C31H49F3N4O5S/c1-21(2)9-6-10-22(3)11-7-12-23(4)13-8-14-24(5)15-16-44-20-30(18-39,19-40)38-29(43)37-28-35-17-25(27(41)42)26(36-28)31(32,33)34/h15,17-18,21-23,40H,6-14,16,19-20H2,1-5H3,(H,41,42)(H2,35,36,37,38,43)/b24-15+/t22?,23?,30-/m0/s1. The van der Waals surface area contributed by atoms with Crippen LogP contribution in [-0.4, -0.2) is 62.1 Å². The van der Waals surface area contributed by atoms with Gasteiger partial charge in [-0.3, -0.25) is 5.32 Å². The highest BCUT2D eigenvalue weighted by atomic mass is 32.2. The van der Waals surface area contributed by atoms with Gasteiger partial charge < -0.3 is 20.3 Å². The maximum atomic E-state index is 13.2. The smallest absolute Gasteiger partial charge is 0.434 e. The first-order valence-electron chi connectivity index (χ1n) is 15.2. The number of hydrogen-bond acceptors (Lipinski definition) is 7. The lowest BCUT2D eigenvalue weighted by molar-refractivity contribution is -0.141. The monoisotopic (exact) mass is 646 g/mol. The van der Waals surface area contributed by atoms with Crippen molar-refractivity contribution in [1.82, 2.24) is 15.3 Å². The number of allylic oxidation sites excluding steroid dienone is 1. The SMILES string of the molecule is C/C(=C\CSC[C@](C=O)(CO)NC(=O)Nc1ncc(C(=O)O)c(C(F)(F)F)n1)CCCC(C)CCCC(C)CCCC(C)C. The van der Waals surface area contributed by atoms with Gasteiger partial charge >= 0.3 is 18.2 Å². The zero-order valence-electron chi connectivity index (χ0n) is 26.5. The second-order valence-electron chi connectivity index (χ2n) is 12.2. The third-order valence-electron chi connectivity index (χ3n) is 7.43. The number of aromatic carboxylic acids is 1. The van der Waals surface area contributed by atoms with Crippen LogP contribution < -0.4 is 10.6 Å². The number of carbonyl (C=O) groups is 3. The molecule has 0 bridgehead atoms. The number of thioether (sulfide) groups is 1. The molecular weight excluding hydrogens is 597 g/mol. The van der Waals surface area contributed by atoms with Gasteiger partial charge in [-0.15, -0.1) is 0 Å². The molecule has 2 amide bonds. The number of nitrogens with one attached hydrogen (secondary N) is 2. The fourth-order valence-electron chi connectivity index (χ4n) is 4.65. The number of aromatic nitrogens is 2. The van der Waals surface area contributed by atoms with Crippen LogP contribution >= 0.6 is 11.8 Å². The molecule has 0 radical (unpaired) electrons. The number of aliphatic hydroxyl groups excluding tert-OH is 1. The number of rotatable bonds is 21. The maximum Gasteiger partial charge on any atom is 0.434 e. The van der Waals surface area contributed by atoms with E-state index in [0.717, 1.165) is 31.1 Å². The minimum Gasteiger partial charge on any atom is -0.478 e. The topological polar surface area (TPSA) is 142 Å². The van der Waals surface area contributed by atoms with Crippen molar-refractivity contribution in [2.24, 2.45) is 17.8 Å². The van der Waals surface area contributed by atoms with Crippen LogP contribution in [0, 0.1) is 17.8 Å². The van der Waals surface area contributed by atoms with Crippen molar-refractivity contribution in [3.8, 4) is 0 Å². The number of urea groups is 1. The molecular formula is C31H49F3N4O5S. The second-order valence-corrected chi connectivity index (χ2v) is 13.2. The minimum absolute atomic E-state index is 0.00371. The van der Waals surface area contributed by atoms with E-state index in [1.54, 1.807) is 0 Å². The average molecular weight is 647 g/mol. The van der Waals surface area contributed by atoms with Gasteiger partial charge in [-0.1, -0.05) is 84.3 Å². The lowest BCUT2D eigenvalue weighted by Gasteiger charge is -2.26. The molecule has 250 valence electrons. The average Bonchev–Trinajstić information content (AvgIpc) is 2.93. The summed E-state index contributed by atoms with van der Waals surface area (Å²) in [6.07, 6.45) is 8.66. The zero-order valence-corrected chi connectivity index (χ0v) is 27.3. The van der Waals surface area contributed by atoms with Gasteiger partial charge in [0, 0.05) is 17.7 Å². The number of aliphatic hydroxyl groups is 1. The first kappa shape index (κ1) is 39.4. The van der Waals surface area contributed by atoms with Crippen LogP contribution in [0.4, 0.5) is 23.9 Å². The van der Waals surface area contributed by atoms with E-state index in [1.165, 1.54) is 55.9 Å². The molecule has 0 saturated carbocycles. The van der Waals surface area contributed by atoms with E-state index in [-0.39, 0.29) is 5.75 Å². The normalized spacial score (nSPS) is 15.0. The number of carbonyl (C=O) groups excluding carboxylic acids is 2. The highest BCUT2D eigenvalue weighted by Gasteiger charge is 2.38. The van der Waals surface area contributed by atoms with E-state index in [0.29, 0.717) is 24.2 Å². The molecule has 1 aromatic rings. The van der Waals surface area contributed by atoms with Gasteiger partial charge in [0.25, 0.3) is 0 Å². The van der Waals surface area contributed by atoms with E-state index < -0.39 is 47.5 Å². The number of amides is 2. The van der Waals surface area contributed by atoms with Gasteiger partial charge in [0.1, 0.15) is 17.4 Å². The summed E-state index contributed by atoms with van der Waals surface area (Å²) in [5, 5.41) is 23.0. The van der Waals surface area contributed by atoms with Crippen LogP contribution in [-0.2, 0) is 11.0 Å². The summed E-state index contributed by atoms with van der Waals surface area (Å²) in [4.78, 5) is 41.8. The zero-order chi connectivity index (χ0) is 33.3. The van der Waals surface area contributed by atoms with Crippen molar-refractivity contribution in [1.29, 1.82) is 0 Å². The molecule has 2 unspecified atom stereocenters. The molecule has 0 fully saturated rings. The lowest BCUT2D eigenvalue weighted by atomic mass is 9.91. The van der Waals surface area contributed by atoms with E-state index in [4.69, 9.17) is 5.11 Å². The first-order chi connectivity index (χ1) is 20.6. The molecule has 1 rings (SSSR count). The molecule has 0 aromatic carbocycles. The van der Waals surface area contributed by atoms with E-state index in [9.17, 15) is 32.7 Å². The van der Waals surface area contributed by atoms with Crippen LogP contribution in [0.2, 0.25) is 0 Å². The lowest BCUT2D eigenvalue weighted by Crippen LogP contribution is -2.56. The summed E-state index contributed by atoms with van der Waals surface area (Å²) in [5.41, 5.74) is -3.41. The highest BCUT2D eigenvalue weighted by Crippen LogP contribution is 2.31. The molecule has 0 spiro atoms. The fourth-order valence-corrected chi connectivity index (χ4v) is 5.76.